The number of aryl methyl sites for hydroxylation is 1. The fraction of sp³-hybridized carbons (Fsp3) is 0.206. The molecule has 0 saturated carbocycles. The highest BCUT2D eigenvalue weighted by Gasteiger charge is 2.21. The molecule has 0 bridgehead atoms. The highest BCUT2D eigenvalue weighted by molar-refractivity contribution is 6.12. The predicted octanol–water partition coefficient (Wildman–Crippen LogP) is 5.54. The zero-order valence-corrected chi connectivity index (χ0v) is 22.8. The van der Waals surface area contributed by atoms with Gasteiger partial charge in [0.15, 0.2) is 5.78 Å². The minimum absolute atomic E-state index is 0.000802. The lowest BCUT2D eigenvalue weighted by atomic mass is 10.00. The number of carboxylic acids is 1. The van der Waals surface area contributed by atoms with Crippen molar-refractivity contribution >= 4 is 23.3 Å². The highest BCUT2D eigenvalue weighted by atomic mass is 16.5. The molecule has 4 aromatic carbocycles. The van der Waals surface area contributed by atoms with Gasteiger partial charge in [0, 0.05) is 29.7 Å². The minimum Gasteiger partial charge on any atom is -0.492 e. The number of nitrogens with one attached hydrogen (secondary N) is 2. The summed E-state index contributed by atoms with van der Waals surface area (Å²) in [6.45, 7) is 0.730. The molecule has 0 fully saturated rings. The molecule has 7 nitrogen and oxygen atoms in total. The first kappa shape index (κ1) is 29.1. The maximum Gasteiger partial charge on any atom is 0.326 e. The third-order valence-electron chi connectivity index (χ3n) is 6.60. The summed E-state index contributed by atoms with van der Waals surface area (Å²) >= 11 is 0. The predicted molar refractivity (Wildman–Crippen MR) is 159 cm³/mol. The number of amides is 1. The number of aliphatic carboxylic acids is 1. The van der Waals surface area contributed by atoms with Crippen molar-refractivity contribution in [3.05, 3.63) is 131 Å². The van der Waals surface area contributed by atoms with E-state index in [4.69, 9.17) is 4.74 Å². The molecule has 7 heteroatoms. The molecule has 0 unspecified atom stereocenters. The fourth-order valence-electron chi connectivity index (χ4n) is 4.44. The van der Waals surface area contributed by atoms with Gasteiger partial charge in [-0.15, -0.1) is 0 Å². The number of benzene rings is 4. The number of anilines is 1. The molecule has 0 spiro atoms. The first-order valence-corrected chi connectivity index (χ1v) is 13.7. The second kappa shape index (κ2) is 15.0. The number of carbonyl (C=O) groups is 3. The summed E-state index contributed by atoms with van der Waals surface area (Å²) in [4.78, 5) is 37.2. The van der Waals surface area contributed by atoms with Crippen molar-refractivity contribution in [1.82, 2.24) is 5.32 Å². The van der Waals surface area contributed by atoms with Crippen LogP contribution in [0.3, 0.4) is 0 Å². The molecular weight excluding hydrogens is 516 g/mol. The Labute approximate surface area is 240 Å². The smallest absolute Gasteiger partial charge is 0.326 e. The second-order valence-electron chi connectivity index (χ2n) is 9.66. The Morgan fingerprint density at radius 2 is 1.41 bits per heavy atom. The molecule has 3 N–H and O–H groups in total. The van der Waals surface area contributed by atoms with Crippen molar-refractivity contribution in [2.75, 3.05) is 18.5 Å². The van der Waals surface area contributed by atoms with Gasteiger partial charge in [-0.1, -0.05) is 84.9 Å². The van der Waals surface area contributed by atoms with Gasteiger partial charge in [0.05, 0.1) is 6.54 Å². The van der Waals surface area contributed by atoms with E-state index in [-0.39, 0.29) is 18.1 Å². The number of ketones is 1. The summed E-state index contributed by atoms with van der Waals surface area (Å²) in [7, 11) is 0. The van der Waals surface area contributed by atoms with Gasteiger partial charge in [-0.05, 0) is 48.2 Å². The number of carboxylic acid groups (broad SMARTS) is 1. The summed E-state index contributed by atoms with van der Waals surface area (Å²) in [5.74, 6) is -0.570. The summed E-state index contributed by atoms with van der Waals surface area (Å²) in [5.41, 5.74) is 3.44. The molecule has 0 aliphatic heterocycles. The summed E-state index contributed by atoms with van der Waals surface area (Å²) in [6, 6.07) is 32.2. The van der Waals surface area contributed by atoms with Crippen LogP contribution in [0.1, 0.15) is 39.9 Å². The lowest BCUT2D eigenvalue weighted by Gasteiger charge is -2.18. The van der Waals surface area contributed by atoms with Gasteiger partial charge in [0.1, 0.15) is 18.4 Å². The quantitative estimate of drug-likeness (QED) is 0.133. The third-order valence-corrected chi connectivity index (χ3v) is 6.60. The fourth-order valence-corrected chi connectivity index (χ4v) is 4.44. The van der Waals surface area contributed by atoms with Crippen LogP contribution in [-0.2, 0) is 22.4 Å². The van der Waals surface area contributed by atoms with E-state index < -0.39 is 12.0 Å². The van der Waals surface area contributed by atoms with Crippen molar-refractivity contribution < 1.29 is 24.2 Å². The molecule has 0 saturated heterocycles. The van der Waals surface area contributed by atoms with E-state index in [1.54, 1.807) is 60.7 Å². The summed E-state index contributed by atoms with van der Waals surface area (Å²) in [6.07, 6.45) is 2.34. The van der Waals surface area contributed by atoms with Gasteiger partial charge in [0.25, 0.3) is 0 Å². The summed E-state index contributed by atoms with van der Waals surface area (Å²) in [5, 5.41) is 15.8. The van der Waals surface area contributed by atoms with Crippen LogP contribution in [0, 0.1) is 0 Å². The minimum atomic E-state index is -1.02. The van der Waals surface area contributed by atoms with Crippen LogP contribution in [0.4, 0.5) is 5.69 Å². The van der Waals surface area contributed by atoms with Crippen LogP contribution in [0.15, 0.2) is 109 Å². The first-order chi connectivity index (χ1) is 20.0. The van der Waals surface area contributed by atoms with Gasteiger partial charge in [-0.3, -0.25) is 9.59 Å². The highest BCUT2D eigenvalue weighted by Crippen LogP contribution is 2.22. The number of hydrogen-bond acceptors (Lipinski definition) is 5. The molecule has 0 radical (unpaired) electrons. The number of hydrogen-bond donors (Lipinski definition) is 3. The van der Waals surface area contributed by atoms with E-state index in [9.17, 15) is 19.5 Å². The average molecular weight is 551 g/mol. The van der Waals surface area contributed by atoms with E-state index in [1.165, 1.54) is 5.56 Å². The molecule has 4 rings (SSSR count). The van der Waals surface area contributed by atoms with Crippen LogP contribution in [0.2, 0.25) is 0 Å². The molecule has 0 heterocycles. The molecule has 0 aliphatic rings. The number of para-hydroxylation sites is 1. The molecule has 210 valence electrons. The lowest BCUT2D eigenvalue weighted by molar-refractivity contribution is -0.137. The van der Waals surface area contributed by atoms with Crippen molar-refractivity contribution in [3.8, 4) is 5.75 Å². The topological polar surface area (TPSA) is 105 Å². The van der Waals surface area contributed by atoms with Gasteiger partial charge >= 0.3 is 5.97 Å². The second-order valence-corrected chi connectivity index (χ2v) is 9.66. The van der Waals surface area contributed by atoms with E-state index in [0.29, 0.717) is 42.1 Å². The van der Waals surface area contributed by atoms with Gasteiger partial charge in [-0.25, -0.2) is 4.79 Å². The molecule has 0 aromatic heterocycles. The normalized spacial score (nSPS) is 11.3. The van der Waals surface area contributed by atoms with Crippen LogP contribution in [-0.4, -0.2) is 42.0 Å². The van der Waals surface area contributed by atoms with Crippen LogP contribution in [0.25, 0.3) is 0 Å². The van der Waals surface area contributed by atoms with Crippen LogP contribution in [0.5, 0.6) is 5.75 Å². The number of carbonyl (C=O) groups excluding carboxylic acids is 2. The number of ether oxygens (including phenoxy) is 1. The number of rotatable bonds is 15. The molecular formula is C34H34N2O5. The Balaban J connectivity index is 1.24. The maximum atomic E-state index is 13.0. The summed E-state index contributed by atoms with van der Waals surface area (Å²) < 4.78 is 5.73. The third kappa shape index (κ3) is 9.07. The van der Waals surface area contributed by atoms with Gasteiger partial charge in [0.2, 0.25) is 5.91 Å². The largest absolute Gasteiger partial charge is 0.492 e. The van der Waals surface area contributed by atoms with Crippen LogP contribution < -0.4 is 15.4 Å². The monoisotopic (exact) mass is 550 g/mol. The Morgan fingerprint density at radius 3 is 2.12 bits per heavy atom. The van der Waals surface area contributed by atoms with E-state index in [2.05, 4.69) is 22.8 Å². The SMILES string of the molecule is O=C(CCCc1ccccc1)NCCOc1ccc(C[C@H](Nc2ccccc2C(=O)c2ccccc2)C(=O)O)cc1. The van der Waals surface area contributed by atoms with Crippen molar-refractivity contribution in [2.45, 2.75) is 31.7 Å². The maximum absolute atomic E-state index is 13.0. The lowest BCUT2D eigenvalue weighted by Crippen LogP contribution is -2.32. The molecule has 4 aromatic rings. The van der Waals surface area contributed by atoms with Crippen molar-refractivity contribution in [2.24, 2.45) is 0 Å². The Kier molecular flexibility index (Phi) is 10.7. The molecule has 0 aliphatic carbocycles. The zero-order chi connectivity index (χ0) is 28.9. The molecule has 1 amide bonds. The van der Waals surface area contributed by atoms with Crippen molar-refractivity contribution in [3.63, 3.8) is 0 Å². The van der Waals surface area contributed by atoms with E-state index in [0.717, 1.165) is 18.4 Å². The Morgan fingerprint density at radius 1 is 0.756 bits per heavy atom. The van der Waals surface area contributed by atoms with Gasteiger partial charge < -0.3 is 20.5 Å². The Bertz CT molecular complexity index is 1420. The standard InChI is InChI=1S/C34H34N2O5/c37-32(17-9-12-25-10-3-1-4-11-25)35-22-23-41-28-20-18-26(19-21-28)24-31(34(39)40)36-30-16-8-7-15-29(30)33(38)27-13-5-2-6-14-27/h1-8,10-11,13-16,18-21,31,36H,9,12,17,22-24H2,(H,35,37)(H,39,40)/t31-/m0/s1. The van der Waals surface area contributed by atoms with Gasteiger partial charge in [-0.2, -0.15) is 0 Å². The molecule has 1 atom stereocenters. The average Bonchev–Trinajstić information content (AvgIpc) is 3.00. The first-order valence-electron chi connectivity index (χ1n) is 13.7. The van der Waals surface area contributed by atoms with E-state index in [1.807, 2.05) is 36.4 Å². The Hall–Kier alpha value is -4.91. The van der Waals surface area contributed by atoms with Crippen molar-refractivity contribution in [1.29, 1.82) is 0 Å². The van der Waals surface area contributed by atoms with E-state index >= 15 is 0 Å². The zero-order valence-electron chi connectivity index (χ0n) is 22.8. The van der Waals surface area contributed by atoms with Crippen LogP contribution >= 0.6 is 0 Å². The molecule has 41 heavy (non-hydrogen) atoms.